The van der Waals surface area contributed by atoms with Crippen molar-refractivity contribution >= 4 is 34.2 Å². The molecule has 0 spiro atoms. The summed E-state index contributed by atoms with van der Waals surface area (Å²) in [6.45, 7) is 2.42. The molecular weight excluding hydrogens is 340 g/mol. The molecule has 2 aromatic rings. The Kier molecular flexibility index (Phi) is 6.07. The molecule has 1 unspecified atom stereocenters. The Bertz CT molecular complexity index is 740. The quantitative estimate of drug-likeness (QED) is 0.764. The number of benzene rings is 1. The van der Waals surface area contributed by atoms with Gasteiger partial charge in [0.05, 0.1) is 22.8 Å². The number of rotatable bonds is 5. The van der Waals surface area contributed by atoms with Crippen molar-refractivity contribution in [1.29, 1.82) is 0 Å². The fourth-order valence-corrected chi connectivity index (χ4v) is 3.50. The first-order valence-electron chi connectivity index (χ1n) is 8.62. The van der Waals surface area contributed by atoms with Gasteiger partial charge in [-0.15, -0.1) is 0 Å². The number of carbonyl (C=O) groups excluding carboxylic acids is 1. The normalized spacial score (nSPS) is 18.2. The van der Waals surface area contributed by atoms with Crippen LogP contribution in [0.25, 0.3) is 10.9 Å². The number of amides is 2. The van der Waals surface area contributed by atoms with Crippen molar-refractivity contribution in [3.8, 4) is 0 Å². The summed E-state index contributed by atoms with van der Waals surface area (Å²) in [4.78, 5) is 18.7. The molecule has 6 nitrogen and oxygen atoms in total. The molecule has 1 aliphatic rings. The lowest BCUT2D eigenvalue weighted by atomic mass is 10.0. The molecule has 0 aliphatic carbocycles. The van der Waals surface area contributed by atoms with Crippen molar-refractivity contribution in [3.05, 3.63) is 35.5 Å². The molecule has 0 bridgehead atoms. The highest BCUT2D eigenvalue weighted by Crippen LogP contribution is 2.27. The van der Waals surface area contributed by atoms with Crippen LogP contribution >= 0.6 is 11.6 Å². The van der Waals surface area contributed by atoms with E-state index in [9.17, 15) is 9.90 Å². The average molecular weight is 363 g/mol. The number of aliphatic hydroxyl groups is 1. The Labute approximate surface area is 152 Å². The monoisotopic (exact) mass is 362 g/mol. The van der Waals surface area contributed by atoms with Gasteiger partial charge in [-0.2, -0.15) is 0 Å². The number of aromatic nitrogens is 1. The summed E-state index contributed by atoms with van der Waals surface area (Å²) in [5.74, 6) is 0. The second-order valence-electron chi connectivity index (χ2n) is 6.24. The van der Waals surface area contributed by atoms with E-state index in [4.69, 9.17) is 11.6 Å². The molecule has 0 radical (unpaired) electrons. The molecule has 25 heavy (non-hydrogen) atoms. The van der Waals surface area contributed by atoms with Crippen molar-refractivity contribution in [3.63, 3.8) is 0 Å². The van der Waals surface area contributed by atoms with Crippen LogP contribution in [0.15, 0.2) is 30.5 Å². The van der Waals surface area contributed by atoms with Crippen LogP contribution in [-0.2, 0) is 0 Å². The third-order valence-electron chi connectivity index (χ3n) is 4.61. The molecule has 7 heteroatoms. The molecule has 2 heterocycles. The van der Waals surface area contributed by atoms with Crippen molar-refractivity contribution < 1.29 is 9.90 Å². The van der Waals surface area contributed by atoms with Crippen LogP contribution in [0.5, 0.6) is 0 Å². The topological polar surface area (TPSA) is 77.5 Å². The van der Waals surface area contributed by atoms with E-state index in [1.165, 1.54) is 0 Å². The Morgan fingerprint density at radius 2 is 2.24 bits per heavy atom. The minimum absolute atomic E-state index is 0.177. The van der Waals surface area contributed by atoms with E-state index in [1.807, 2.05) is 12.1 Å². The summed E-state index contributed by atoms with van der Waals surface area (Å²) in [7, 11) is 0. The van der Waals surface area contributed by atoms with Crippen LogP contribution in [-0.4, -0.2) is 53.3 Å². The second kappa shape index (κ2) is 8.47. The molecule has 134 valence electrons. The van der Waals surface area contributed by atoms with Gasteiger partial charge in [-0.3, -0.25) is 9.88 Å². The summed E-state index contributed by atoms with van der Waals surface area (Å²) in [6.07, 6.45) is 5.00. The maximum absolute atomic E-state index is 12.2. The van der Waals surface area contributed by atoms with E-state index in [2.05, 4.69) is 20.5 Å². The van der Waals surface area contributed by atoms with E-state index < -0.39 is 0 Å². The fraction of sp³-hybridized carbons (Fsp3) is 0.444. The van der Waals surface area contributed by atoms with Crippen LogP contribution < -0.4 is 10.6 Å². The van der Waals surface area contributed by atoms with Gasteiger partial charge in [0, 0.05) is 30.7 Å². The molecule has 1 aromatic carbocycles. The predicted octanol–water partition coefficient (Wildman–Crippen LogP) is 2.86. The predicted molar refractivity (Wildman–Crippen MR) is 100 cm³/mol. The maximum Gasteiger partial charge on any atom is 0.319 e. The highest BCUT2D eigenvalue weighted by molar-refractivity contribution is 6.35. The van der Waals surface area contributed by atoms with Crippen LogP contribution in [0.2, 0.25) is 5.02 Å². The first-order valence-corrected chi connectivity index (χ1v) is 9.00. The van der Waals surface area contributed by atoms with Gasteiger partial charge in [0.1, 0.15) is 0 Å². The van der Waals surface area contributed by atoms with Crippen molar-refractivity contribution in [2.45, 2.75) is 25.3 Å². The molecule has 1 aliphatic heterocycles. The Hall–Kier alpha value is -1.89. The zero-order valence-electron chi connectivity index (χ0n) is 14.0. The Morgan fingerprint density at radius 1 is 1.36 bits per heavy atom. The smallest absolute Gasteiger partial charge is 0.319 e. The number of carbonyl (C=O) groups is 1. The molecular formula is C18H23ClN4O2. The number of likely N-dealkylation sites (tertiary alicyclic amines) is 1. The first-order chi connectivity index (χ1) is 12.2. The number of hydrogen-bond acceptors (Lipinski definition) is 4. The number of halogens is 1. The molecule has 3 N–H and O–H groups in total. The lowest BCUT2D eigenvalue weighted by Crippen LogP contribution is -2.46. The number of nitrogens with zero attached hydrogens (tertiary/aromatic N) is 2. The van der Waals surface area contributed by atoms with Gasteiger partial charge in [0.25, 0.3) is 0 Å². The summed E-state index contributed by atoms with van der Waals surface area (Å²) in [5, 5.41) is 16.5. The van der Waals surface area contributed by atoms with Gasteiger partial charge in [-0.05, 0) is 43.7 Å². The van der Waals surface area contributed by atoms with Crippen molar-refractivity contribution in [2.24, 2.45) is 0 Å². The molecule has 3 rings (SSSR count). The number of pyridine rings is 1. The van der Waals surface area contributed by atoms with E-state index in [-0.39, 0.29) is 18.7 Å². The van der Waals surface area contributed by atoms with E-state index in [1.54, 1.807) is 18.3 Å². The zero-order valence-corrected chi connectivity index (χ0v) is 14.8. The SMILES string of the molecule is O=C(NCCN1CCCCC1CO)Nc1ccc(Cl)c2ncccc12. The molecule has 0 saturated carbocycles. The highest BCUT2D eigenvalue weighted by Gasteiger charge is 2.21. The van der Waals surface area contributed by atoms with Crippen LogP contribution in [0.4, 0.5) is 10.5 Å². The van der Waals surface area contributed by atoms with Gasteiger partial charge in [-0.25, -0.2) is 4.79 Å². The average Bonchev–Trinajstić information content (AvgIpc) is 2.65. The summed E-state index contributed by atoms with van der Waals surface area (Å²) >= 11 is 6.15. The maximum atomic E-state index is 12.2. The summed E-state index contributed by atoms with van der Waals surface area (Å²) in [5.41, 5.74) is 1.34. The molecule has 1 aromatic heterocycles. The summed E-state index contributed by atoms with van der Waals surface area (Å²) in [6, 6.07) is 7.15. The van der Waals surface area contributed by atoms with Gasteiger partial charge in [0.15, 0.2) is 0 Å². The number of aliphatic hydroxyl groups excluding tert-OH is 1. The number of nitrogens with one attached hydrogen (secondary N) is 2. The molecule has 1 fully saturated rings. The van der Waals surface area contributed by atoms with E-state index in [0.717, 1.165) is 37.7 Å². The lowest BCUT2D eigenvalue weighted by molar-refractivity contribution is 0.0917. The van der Waals surface area contributed by atoms with E-state index in [0.29, 0.717) is 22.8 Å². The molecule has 2 amide bonds. The second-order valence-corrected chi connectivity index (χ2v) is 6.65. The number of piperidine rings is 1. The van der Waals surface area contributed by atoms with Gasteiger partial charge in [0.2, 0.25) is 0 Å². The number of urea groups is 1. The van der Waals surface area contributed by atoms with Crippen LogP contribution in [0.1, 0.15) is 19.3 Å². The van der Waals surface area contributed by atoms with Gasteiger partial charge >= 0.3 is 6.03 Å². The minimum atomic E-state index is -0.259. The van der Waals surface area contributed by atoms with Crippen molar-refractivity contribution in [2.75, 3.05) is 31.6 Å². The standard InChI is InChI=1S/C18H23ClN4O2/c19-15-6-7-16(14-5-3-8-20-17(14)15)22-18(25)21-9-11-23-10-2-1-4-13(23)12-24/h3,5-8,13,24H,1-2,4,9-12H2,(H2,21,22,25). The van der Waals surface area contributed by atoms with E-state index >= 15 is 0 Å². The third kappa shape index (κ3) is 4.39. The van der Waals surface area contributed by atoms with Crippen molar-refractivity contribution in [1.82, 2.24) is 15.2 Å². The van der Waals surface area contributed by atoms with Gasteiger partial charge < -0.3 is 15.7 Å². The molecule has 1 saturated heterocycles. The minimum Gasteiger partial charge on any atom is -0.395 e. The lowest BCUT2D eigenvalue weighted by Gasteiger charge is -2.34. The number of fused-ring (bicyclic) bond motifs is 1. The molecule has 1 atom stereocenters. The fourth-order valence-electron chi connectivity index (χ4n) is 3.29. The third-order valence-corrected chi connectivity index (χ3v) is 4.92. The zero-order chi connectivity index (χ0) is 17.6. The Balaban J connectivity index is 1.55. The first kappa shape index (κ1) is 17.9. The van der Waals surface area contributed by atoms with Crippen LogP contribution in [0.3, 0.4) is 0 Å². The number of hydrogen-bond donors (Lipinski definition) is 3. The Morgan fingerprint density at radius 3 is 3.08 bits per heavy atom. The highest BCUT2D eigenvalue weighted by atomic mass is 35.5. The van der Waals surface area contributed by atoms with Crippen LogP contribution in [0, 0.1) is 0 Å². The number of anilines is 1. The van der Waals surface area contributed by atoms with Gasteiger partial charge in [-0.1, -0.05) is 18.0 Å². The summed E-state index contributed by atoms with van der Waals surface area (Å²) < 4.78 is 0. The largest absolute Gasteiger partial charge is 0.395 e.